The summed E-state index contributed by atoms with van der Waals surface area (Å²) in [7, 11) is 0. The van der Waals surface area contributed by atoms with Gasteiger partial charge < -0.3 is 26.7 Å². The van der Waals surface area contributed by atoms with Gasteiger partial charge in [-0.3, -0.25) is 4.79 Å². The molecule has 0 aromatic carbocycles. The first-order valence-electron chi connectivity index (χ1n) is 7.47. The maximum atomic E-state index is 11.5. The van der Waals surface area contributed by atoms with Gasteiger partial charge in [-0.25, -0.2) is 4.99 Å². The van der Waals surface area contributed by atoms with Gasteiger partial charge in [0.25, 0.3) is 0 Å². The molecule has 0 aromatic rings. The van der Waals surface area contributed by atoms with Crippen LogP contribution in [0.15, 0.2) is 16.6 Å². The van der Waals surface area contributed by atoms with E-state index >= 15 is 0 Å². The number of aliphatic carboxylic acids is 1. The number of nitrogens with two attached hydrogens (primary N) is 2. The van der Waals surface area contributed by atoms with Crippen molar-refractivity contribution in [2.24, 2.45) is 28.3 Å². The third kappa shape index (κ3) is 7.37. The molecule has 1 amide bonds. The maximum absolute atomic E-state index is 11.5. The minimum atomic E-state index is -1.20. The van der Waals surface area contributed by atoms with Crippen molar-refractivity contribution in [3.8, 4) is 0 Å². The number of amides is 1. The quantitative estimate of drug-likeness (QED) is 0.261. The van der Waals surface area contributed by atoms with Gasteiger partial charge >= 0.3 is 29.6 Å². The van der Waals surface area contributed by atoms with Crippen molar-refractivity contribution in [1.82, 2.24) is 5.32 Å². The summed E-state index contributed by atoms with van der Waals surface area (Å²) >= 11 is 0. The zero-order valence-corrected chi connectivity index (χ0v) is 16.3. The van der Waals surface area contributed by atoms with Crippen LogP contribution in [0.3, 0.4) is 0 Å². The Bertz CT molecular complexity index is 487. The van der Waals surface area contributed by atoms with E-state index in [1.54, 1.807) is 6.08 Å². The Morgan fingerprint density at radius 1 is 1.43 bits per heavy atom. The second-order valence-electron chi connectivity index (χ2n) is 6.18. The molecular weight excluding hydrogens is 307 g/mol. The zero-order valence-electron chi connectivity index (χ0n) is 14.3. The van der Waals surface area contributed by atoms with Gasteiger partial charge in [-0.2, -0.15) is 0 Å². The number of rotatable bonds is 6. The van der Waals surface area contributed by atoms with Crippen molar-refractivity contribution in [2.75, 3.05) is 0 Å². The van der Waals surface area contributed by atoms with Crippen LogP contribution in [0.1, 0.15) is 40.0 Å². The molecule has 0 aliphatic heterocycles. The molecule has 0 fully saturated rings. The number of allylic oxidation sites excluding steroid dienone is 1. The number of carboxylic acid groups (broad SMARTS) is 1. The number of carbonyl (C=O) groups excluding carboxylic acids is 2. The van der Waals surface area contributed by atoms with Crippen LogP contribution in [-0.4, -0.2) is 29.9 Å². The van der Waals surface area contributed by atoms with Gasteiger partial charge in [-0.1, -0.05) is 19.9 Å². The molecule has 0 aromatic heterocycles. The Kier molecular flexibility index (Phi) is 9.49. The van der Waals surface area contributed by atoms with Crippen molar-refractivity contribution in [3.05, 3.63) is 11.6 Å². The molecule has 1 aliphatic rings. The zero-order chi connectivity index (χ0) is 16.9. The summed E-state index contributed by atoms with van der Waals surface area (Å²) in [5.74, 6) is -1.07. The van der Waals surface area contributed by atoms with Crippen LogP contribution in [0.5, 0.6) is 0 Å². The standard InChI is InChI=1S/C15H26N4O3.Na/c1-8(2)6-12(18-9(3)20)11-5-4-10(14(21)22)7-13(11)19-15(16)17;/h4,8,11-13H,5-7H2,1-3H3,(H,18,20)(H,21,22)(H4,16,17,19);/q;+1/p-1. The number of nitrogens with one attached hydrogen (secondary N) is 1. The van der Waals surface area contributed by atoms with E-state index in [4.69, 9.17) is 11.5 Å². The smallest absolute Gasteiger partial charge is 0.545 e. The average molecular weight is 332 g/mol. The van der Waals surface area contributed by atoms with Crippen LogP contribution >= 0.6 is 0 Å². The SMILES string of the molecule is CC(=O)NC(CC(C)C)C1CC=C(C(=O)[O-])CC1N=C(N)N.[Na+]. The molecule has 8 heteroatoms. The van der Waals surface area contributed by atoms with Crippen molar-refractivity contribution in [2.45, 2.75) is 52.1 Å². The Morgan fingerprint density at radius 2 is 2.04 bits per heavy atom. The average Bonchev–Trinajstić information content (AvgIpc) is 2.35. The van der Waals surface area contributed by atoms with E-state index in [2.05, 4.69) is 24.2 Å². The second-order valence-corrected chi connectivity index (χ2v) is 6.18. The summed E-state index contributed by atoms with van der Waals surface area (Å²) in [6, 6.07) is -0.483. The van der Waals surface area contributed by atoms with Crippen molar-refractivity contribution >= 4 is 17.8 Å². The molecule has 0 bridgehead atoms. The fourth-order valence-electron chi connectivity index (χ4n) is 2.94. The number of nitrogens with zero attached hydrogens (tertiary/aromatic N) is 1. The maximum Gasteiger partial charge on any atom is 1.00 e. The van der Waals surface area contributed by atoms with Crippen molar-refractivity contribution in [3.63, 3.8) is 0 Å². The van der Waals surface area contributed by atoms with E-state index in [9.17, 15) is 14.7 Å². The third-order valence-electron chi connectivity index (χ3n) is 3.77. The van der Waals surface area contributed by atoms with Crippen LogP contribution in [0.4, 0.5) is 0 Å². The molecule has 124 valence electrons. The largest absolute Gasteiger partial charge is 1.00 e. The van der Waals surface area contributed by atoms with E-state index < -0.39 is 5.97 Å². The summed E-state index contributed by atoms with van der Waals surface area (Å²) in [5, 5.41) is 14.0. The van der Waals surface area contributed by atoms with E-state index in [-0.39, 0.29) is 71.4 Å². The van der Waals surface area contributed by atoms with Gasteiger partial charge in [-0.15, -0.1) is 0 Å². The van der Waals surface area contributed by atoms with Crippen LogP contribution in [0.25, 0.3) is 0 Å². The molecule has 1 aliphatic carbocycles. The Morgan fingerprint density at radius 3 is 2.48 bits per heavy atom. The minimum absolute atomic E-state index is 0. The second kappa shape index (κ2) is 9.95. The topological polar surface area (TPSA) is 134 Å². The fourth-order valence-corrected chi connectivity index (χ4v) is 2.94. The molecule has 0 radical (unpaired) electrons. The molecule has 3 unspecified atom stereocenters. The summed E-state index contributed by atoms with van der Waals surface area (Å²) in [6.07, 6.45) is 3.12. The molecule has 0 heterocycles. The van der Waals surface area contributed by atoms with Crippen molar-refractivity contribution in [1.29, 1.82) is 0 Å². The summed E-state index contributed by atoms with van der Waals surface area (Å²) in [4.78, 5) is 26.7. The Hall–Kier alpha value is -1.05. The molecule has 3 atom stereocenters. The van der Waals surface area contributed by atoms with E-state index in [1.807, 2.05) is 0 Å². The van der Waals surface area contributed by atoms with Crippen molar-refractivity contribution < 1.29 is 44.3 Å². The Balaban J connectivity index is 0.00000484. The molecule has 7 nitrogen and oxygen atoms in total. The van der Waals surface area contributed by atoms with E-state index in [0.29, 0.717) is 12.3 Å². The molecule has 0 spiro atoms. The third-order valence-corrected chi connectivity index (χ3v) is 3.77. The number of guanidine groups is 1. The van der Waals surface area contributed by atoms with Crippen LogP contribution in [0.2, 0.25) is 0 Å². The van der Waals surface area contributed by atoms with E-state index in [1.165, 1.54) is 6.92 Å². The number of hydrogen-bond donors (Lipinski definition) is 3. The van der Waals surface area contributed by atoms with Gasteiger partial charge in [0.15, 0.2) is 5.96 Å². The summed E-state index contributed by atoms with van der Waals surface area (Å²) < 4.78 is 0. The fraction of sp³-hybridized carbons (Fsp3) is 0.667. The van der Waals surface area contributed by atoms with Gasteiger partial charge in [0.05, 0.1) is 12.0 Å². The molecular formula is C15H25N4NaO3. The number of aliphatic imine (C=N–C) groups is 1. The number of carboxylic acids is 1. The van der Waals surface area contributed by atoms with Gasteiger partial charge in [0, 0.05) is 18.9 Å². The van der Waals surface area contributed by atoms with Crippen LogP contribution in [-0.2, 0) is 9.59 Å². The molecule has 0 saturated heterocycles. The molecule has 23 heavy (non-hydrogen) atoms. The first-order valence-corrected chi connectivity index (χ1v) is 7.47. The minimum Gasteiger partial charge on any atom is -0.545 e. The monoisotopic (exact) mass is 332 g/mol. The number of hydrogen-bond acceptors (Lipinski definition) is 4. The first-order chi connectivity index (χ1) is 10.2. The Labute approximate surface area is 159 Å². The van der Waals surface area contributed by atoms with Gasteiger partial charge in [-0.05, 0) is 30.8 Å². The summed E-state index contributed by atoms with van der Waals surface area (Å²) in [5.41, 5.74) is 11.1. The summed E-state index contributed by atoms with van der Waals surface area (Å²) in [6.45, 7) is 5.60. The predicted octanol–water partition coefficient (Wildman–Crippen LogP) is -3.73. The van der Waals surface area contributed by atoms with Gasteiger partial charge in [0.2, 0.25) is 5.91 Å². The van der Waals surface area contributed by atoms with Crippen LogP contribution < -0.4 is 51.4 Å². The normalized spacial score (nSPS) is 21.7. The van der Waals surface area contributed by atoms with Gasteiger partial charge in [0.1, 0.15) is 0 Å². The molecule has 1 rings (SSSR count). The molecule has 5 N–H and O–H groups in total. The van der Waals surface area contributed by atoms with Crippen LogP contribution in [0, 0.1) is 11.8 Å². The van der Waals surface area contributed by atoms with E-state index in [0.717, 1.165) is 6.42 Å². The first kappa shape index (κ1) is 21.9. The molecule has 0 saturated carbocycles. The number of carbonyl (C=O) groups is 2. The predicted molar refractivity (Wildman–Crippen MR) is 82.5 cm³/mol.